The number of hydrogen-bond donors (Lipinski definition) is 1. The van der Waals surface area contributed by atoms with E-state index < -0.39 is 77.0 Å². The number of alkyl halides is 1. The van der Waals surface area contributed by atoms with Gasteiger partial charge < -0.3 is 14.9 Å². The van der Waals surface area contributed by atoms with E-state index in [0.717, 1.165) is 13.0 Å². The van der Waals surface area contributed by atoms with Crippen LogP contribution in [0.15, 0.2) is 42.5 Å². The summed E-state index contributed by atoms with van der Waals surface area (Å²) in [5.41, 5.74) is -1.18. The number of likely N-dealkylation sites (tertiary alicyclic amines) is 1. The third kappa shape index (κ3) is 3.91. The zero-order valence-corrected chi connectivity index (χ0v) is 16.8. The molecule has 2 fully saturated rings. The summed E-state index contributed by atoms with van der Waals surface area (Å²) in [7, 11) is 1.41. The lowest BCUT2D eigenvalue weighted by Crippen LogP contribution is -2.63. The molecule has 2 aromatic rings. The van der Waals surface area contributed by atoms with Crippen LogP contribution in [-0.2, 0) is 11.3 Å². The van der Waals surface area contributed by atoms with E-state index in [1.807, 2.05) is 0 Å². The molecule has 160 valence electrons. The number of amides is 1. The molecule has 1 N–H and O–H groups in total. The van der Waals surface area contributed by atoms with Crippen LogP contribution in [0.1, 0.15) is 42.8 Å². The Kier molecular flexibility index (Phi) is 3.41. The highest BCUT2D eigenvalue weighted by atomic mass is 35.5. The Labute approximate surface area is 194 Å². The molecule has 2 saturated heterocycles. The fraction of sp³-hybridized carbons (Fsp3) is 0.435. The fourth-order valence-corrected chi connectivity index (χ4v) is 3.50. The number of rotatable bonds is 4. The van der Waals surface area contributed by atoms with Crippen molar-refractivity contribution >= 4 is 17.5 Å². The molecule has 2 aliphatic rings. The van der Waals surface area contributed by atoms with Gasteiger partial charge in [0.05, 0.1) is 14.4 Å². The topological polar surface area (TPSA) is 41.6 Å². The van der Waals surface area contributed by atoms with Crippen molar-refractivity contribution < 1.29 is 32.1 Å². The summed E-state index contributed by atoms with van der Waals surface area (Å²) < 4.78 is 124. The lowest BCUT2D eigenvalue weighted by molar-refractivity contribution is -0.144. The number of methoxy groups -OCH3 is 1. The fourth-order valence-electron chi connectivity index (χ4n) is 3.24. The number of carbonyl (C=O) groups excluding carboxylic acids is 1. The number of carbonyl (C=O) groups is 1. The van der Waals surface area contributed by atoms with Crippen LogP contribution in [0.3, 0.4) is 0 Å². The molecule has 5 unspecified atom stereocenters. The number of hydrogen-bond acceptors (Lipinski definition) is 3. The summed E-state index contributed by atoms with van der Waals surface area (Å²) in [4.78, 5) is 14.4. The normalized spacial score (nSPS) is 50.0. The van der Waals surface area contributed by atoms with Crippen LogP contribution in [0, 0.1) is 23.4 Å². The first kappa shape index (κ1) is 12.0. The minimum atomic E-state index is -3.85. The number of ether oxygens (including phenoxy) is 1. The molecule has 5 atom stereocenters. The zero-order chi connectivity index (χ0) is 30.5. The molecule has 1 amide bonds. The van der Waals surface area contributed by atoms with Crippen molar-refractivity contribution in [2.45, 2.75) is 37.2 Å². The Morgan fingerprint density at radius 2 is 1.97 bits per heavy atom. The Morgan fingerprint density at radius 3 is 2.60 bits per heavy atom. The predicted octanol–water partition coefficient (Wildman–Crippen LogP) is 4.28. The van der Waals surface area contributed by atoms with Crippen LogP contribution in [0.25, 0.3) is 0 Å². The van der Waals surface area contributed by atoms with Crippen molar-refractivity contribution in [2.24, 2.45) is 11.8 Å². The minimum absolute atomic E-state index is 0.268. The number of nitrogens with zero attached hydrogens (tertiary/aromatic N) is 1. The molecule has 2 aromatic carbocycles. The van der Waals surface area contributed by atoms with E-state index in [1.54, 1.807) is 0 Å². The van der Waals surface area contributed by atoms with Gasteiger partial charge in [-0.1, -0.05) is 25.1 Å². The van der Waals surface area contributed by atoms with E-state index >= 15 is 8.78 Å². The lowest BCUT2D eigenvalue weighted by Gasteiger charge is -2.49. The maximum absolute atomic E-state index is 15.0. The van der Waals surface area contributed by atoms with Gasteiger partial charge in [-0.15, -0.1) is 11.6 Å². The largest absolute Gasteiger partial charge is 0.497 e. The molecule has 0 aliphatic carbocycles. The summed E-state index contributed by atoms with van der Waals surface area (Å²) in [5.74, 6) is -11.2. The highest BCUT2D eigenvalue weighted by molar-refractivity contribution is 6.22. The number of fused-ring (bicyclic) bond motifs is 1. The lowest BCUT2D eigenvalue weighted by atomic mass is 9.75. The van der Waals surface area contributed by atoms with Gasteiger partial charge in [0, 0.05) is 47.0 Å². The van der Waals surface area contributed by atoms with Crippen LogP contribution >= 0.6 is 11.6 Å². The SMILES string of the molecule is [2H]N1C([2H])(c2c(F)cccc2F)C([2H])([2H])C([2H])(Cl)C2([2H])C(=O)N(Cc3ccc(OC)cc3)C([2H])([2H])C([2H])(C)C12[2H]. The van der Waals surface area contributed by atoms with Crippen LogP contribution < -0.4 is 10.0 Å². The van der Waals surface area contributed by atoms with E-state index in [9.17, 15) is 6.17 Å². The van der Waals surface area contributed by atoms with Crippen LogP contribution in [0.2, 0.25) is 1.41 Å². The van der Waals surface area contributed by atoms with Crippen molar-refractivity contribution in [1.29, 1.82) is 0 Å². The van der Waals surface area contributed by atoms with Crippen LogP contribution in [0.4, 0.5) is 8.78 Å². The molecule has 0 bridgehead atoms. The molecular formula is C23H25ClF2N2O2. The highest BCUT2D eigenvalue weighted by Crippen LogP contribution is 2.40. The molecule has 0 aromatic heterocycles. The second kappa shape index (κ2) is 8.52. The molecule has 7 heteroatoms. The van der Waals surface area contributed by atoms with Gasteiger partial charge in [0.1, 0.15) is 18.8 Å². The summed E-state index contributed by atoms with van der Waals surface area (Å²) in [6, 6.07) is 0.620. The molecule has 4 nitrogen and oxygen atoms in total. The molecule has 4 rings (SSSR count). The van der Waals surface area contributed by atoms with Crippen LogP contribution in [-0.4, -0.2) is 35.8 Å². The monoisotopic (exact) mass is 444 g/mol. The van der Waals surface area contributed by atoms with Crippen molar-refractivity contribution in [1.82, 2.24) is 10.2 Å². The molecule has 2 heterocycles. The Hall–Kier alpha value is -2.18. The second-order valence-electron chi connectivity index (χ2n) is 6.70. The van der Waals surface area contributed by atoms with E-state index in [2.05, 4.69) is 0 Å². The van der Waals surface area contributed by atoms with E-state index in [4.69, 9.17) is 28.7 Å². The molecular weight excluding hydrogens is 410 g/mol. The maximum Gasteiger partial charge on any atom is 0.229 e. The van der Waals surface area contributed by atoms with Gasteiger partial charge in [-0.05, 0) is 42.1 Å². The molecule has 0 saturated carbocycles. The van der Waals surface area contributed by atoms with E-state index in [-0.39, 0.29) is 5.56 Å². The Bertz CT molecular complexity index is 1350. The van der Waals surface area contributed by atoms with Gasteiger partial charge in [0.25, 0.3) is 0 Å². The number of halogens is 3. The molecule has 0 spiro atoms. The van der Waals surface area contributed by atoms with Crippen LogP contribution in [0.5, 0.6) is 5.75 Å². The number of benzene rings is 2. The van der Waals surface area contributed by atoms with Crippen molar-refractivity contribution in [3.63, 3.8) is 0 Å². The van der Waals surface area contributed by atoms with E-state index in [1.165, 1.54) is 31.4 Å². The average molecular weight is 445 g/mol. The van der Waals surface area contributed by atoms with Gasteiger partial charge in [0.2, 0.25) is 5.91 Å². The molecule has 0 radical (unpaired) electrons. The summed E-state index contributed by atoms with van der Waals surface area (Å²) in [6.45, 7) is -3.12. The number of nitrogens with one attached hydrogen (secondary N) is 1. The zero-order valence-electron chi connectivity index (χ0n) is 26.1. The first-order valence-corrected chi connectivity index (χ1v) is 9.39. The third-order valence-electron chi connectivity index (χ3n) is 4.72. The number of piperidine rings is 2. The standard InChI is InChI=1S/C23H25ClF2N2O2/c1-13-11-28(12-14-6-8-15(30-2)9-7-14)23(29)20-16(24)10-19(27-22(13)20)21-17(25)4-3-5-18(21)26/h3-9,13,16,19-20,22,27H,10-12H2,1-2H3/i10D2,11D2,13D,16D,19D,20D,22D/hD. The van der Waals surface area contributed by atoms with E-state index in [0.29, 0.717) is 22.8 Å². The quantitative estimate of drug-likeness (QED) is 0.716. The maximum atomic E-state index is 15.0. The smallest absolute Gasteiger partial charge is 0.229 e. The third-order valence-corrected chi connectivity index (χ3v) is 5.01. The highest BCUT2D eigenvalue weighted by Gasteiger charge is 2.49. The first-order chi connectivity index (χ1) is 18.1. The Balaban J connectivity index is 2.02. The second-order valence-corrected chi connectivity index (χ2v) is 7.07. The van der Waals surface area contributed by atoms with Gasteiger partial charge in [-0.2, -0.15) is 0 Å². The summed E-state index contributed by atoms with van der Waals surface area (Å²) in [6.07, 6.45) is -3.85. The first-order valence-electron chi connectivity index (χ1n) is 14.0. The van der Waals surface area contributed by atoms with Gasteiger partial charge in [0.15, 0.2) is 0 Å². The average Bonchev–Trinajstić information content (AvgIpc) is 2.88. The Morgan fingerprint density at radius 1 is 1.30 bits per heavy atom. The van der Waals surface area contributed by atoms with Gasteiger partial charge in [-0.25, -0.2) is 8.78 Å². The van der Waals surface area contributed by atoms with Gasteiger partial charge in [-0.3, -0.25) is 4.79 Å². The van der Waals surface area contributed by atoms with Gasteiger partial charge >= 0.3 is 0 Å². The predicted molar refractivity (Wildman–Crippen MR) is 111 cm³/mol. The summed E-state index contributed by atoms with van der Waals surface area (Å²) in [5, 5.41) is -4.22. The van der Waals surface area contributed by atoms with Crippen molar-refractivity contribution in [3.8, 4) is 5.75 Å². The minimum Gasteiger partial charge on any atom is -0.497 e. The molecule has 2 aliphatic heterocycles. The summed E-state index contributed by atoms with van der Waals surface area (Å²) >= 11 is 6.33. The van der Waals surface area contributed by atoms with Crippen molar-refractivity contribution in [2.75, 3.05) is 13.6 Å². The molecule has 30 heavy (non-hydrogen) atoms. The van der Waals surface area contributed by atoms with Crippen molar-refractivity contribution in [3.05, 3.63) is 65.2 Å².